The van der Waals surface area contributed by atoms with Crippen LogP contribution < -0.4 is 26.2 Å². The highest BCUT2D eigenvalue weighted by molar-refractivity contribution is 7.00. The molecular weight excluding hydrogens is 1180 g/mol. The Kier molecular flexibility index (Phi) is 14.6. The molecule has 0 saturated carbocycles. The molecule has 2 aliphatic rings. The highest BCUT2D eigenvalue weighted by Crippen LogP contribution is 2.47. The SMILES string of the molecule is CC(C)(C)c1ccc(Cc2cc3c4c(c2)N(CCc2c(-c5ccccc5)cccc2-c2ccccc2)c2ccc(-c5ccc6c7cccc8cccc(c9cccc5c96)c87)cc2B4c2cc(-c4ccccc4)ccc2N3CCc2c(-c3ccccc3)cccc2-c2ccccc2)cc1. The predicted molar refractivity (Wildman–Crippen MR) is 420 cm³/mol. The average Bonchev–Trinajstić information content (AvgIpc) is 0.708. The van der Waals surface area contributed by atoms with Gasteiger partial charge in [-0.05, 0) is 203 Å². The minimum absolute atomic E-state index is 0.0413. The summed E-state index contributed by atoms with van der Waals surface area (Å²) in [4.78, 5) is 5.48. The summed E-state index contributed by atoms with van der Waals surface area (Å²) in [6.45, 7) is 8.32. The Morgan fingerprint density at radius 3 is 1.17 bits per heavy atom. The van der Waals surface area contributed by atoms with Crippen molar-refractivity contribution in [2.24, 2.45) is 0 Å². The molecule has 18 rings (SSSR count). The summed E-state index contributed by atoms with van der Waals surface area (Å²) in [7, 11) is 0. The van der Waals surface area contributed by atoms with Crippen molar-refractivity contribution in [1.29, 1.82) is 0 Å². The van der Waals surface area contributed by atoms with Crippen molar-refractivity contribution in [2.45, 2.75) is 45.4 Å². The standard InChI is InChI=1S/C95H73BN2/c1-95(2,3)73-48-44-63(45-49-73)58-64-59-90-94-91(60-64)98(57-55-80-76(68-30-15-7-16-31-68)38-22-39-77(80)69-32-17-8-18-33-69)89-53-47-72(78-50-51-85-83-41-20-35-70-34-19-40-82(92(70)83)84-43-23-42-81(78)93(84)85)62-87(89)96(94)86-61-71(65-24-9-4-10-25-65)46-52-88(86)97(90)56-54-79-74(66-26-11-5-12-27-66)36-21-37-75(79)67-28-13-6-14-29-67/h4-53,59-62H,54-58H2,1-3H3. The maximum atomic E-state index is 2.74. The van der Waals surface area contributed by atoms with Crippen LogP contribution in [0.1, 0.15) is 48.6 Å². The van der Waals surface area contributed by atoms with Gasteiger partial charge in [0.05, 0.1) is 0 Å². The van der Waals surface area contributed by atoms with Crippen LogP contribution in [0.2, 0.25) is 0 Å². The fourth-order valence-corrected chi connectivity index (χ4v) is 16.8. The maximum absolute atomic E-state index is 2.74. The summed E-state index contributed by atoms with van der Waals surface area (Å²) in [5.74, 6) is 0. The summed E-state index contributed by atoms with van der Waals surface area (Å²) in [6, 6.07) is 124. The van der Waals surface area contributed by atoms with Gasteiger partial charge >= 0.3 is 0 Å². The highest BCUT2D eigenvalue weighted by Gasteiger charge is 2.43. The number of nitrogens with zero attached hydrogens (tertiary/aromatic N) is 2. The number of hydrogen-bond acceptors (Lipinski definition) is 2. The van der Waals surface area contributed by atoms with E-state index < -0.39 is 0 Å². The second-order valence-corrected chi connectivity index (χ2v) is 28.0. The van der Waals surface area contributed by atoms with Crippen molar-refractivity contribution in [3.63, 3.8) is 0 Å². The fourth-order valence-electron chi connectivity index (χ4n) is 16.8. The smallest absolute Gasteiger partial charge is 0.252 e. The normalized spacial score (nSPS) is 12.6. The number of rotatable bonds is 14. The molecule has 2 heterocycles. The van der Waals surface area contributed by atoms with Crippen LogP contribution in [0.4, 0.5) is 22.7 Å². The van der Waals surface area contributed by atoms with Gasteiger partial charge in [0.25, 0.3) is 6.71 Å². The zero-order chi connectivity index (χ0) is 65.4. The van der Waals surface area contributed by atoms with Gasteiger partial charge in [-0.15, -0.1) is 0 Å². The number of hydrogen-bond donors (Lipinski definition) is 0. The van der Waals surface area contributed by atoms with Crippen LogP contribution in [0.3, 0.4) is 0 Å². The number of benzene rings is 16. The van der Waals surface area contributed by atoms with Crippen molar-refractivity contribution in [2.75, 3.05) is 22.9 Å². The van der Waals surface area contributed by atoms with Crippen LogP contribution in [-0.4, -0.2) is 19.8 Å². The molecule has 0 unspecified atom stereocenters. The molecule has 0 spiro atoms. The fraction of sp³-hybridized carbons (Fsp3) is 0.0947. The lowest BCUT2D eigenvalue weighted by atomic mass is 9.33. The molecule has 98 heavy (non-hydrogen) atoms. The molecular formula is C95H73BN2. The first kappa shape index (κ1) is 59.0. The van der Waals surface area contributed by atoms with Gasteiger partial charge in [0.1, 0.15) is 0 Å². The quantitative estimate of drug-likeness (QED) is 0.0608. The van der Waals surface area contributed by atoms with E-state index in [2.05, 4.69) is 358 Å². The first-order valence-corrected chi connectivity index (χ1v) is 34.9. The van der Waals surface area contributed by atoms with Gasteiger partial charge in [-0.25, -0.2) is 0 Å². The van der Waals surface area contributed by atoms with E-state index in [9.17, 15) is 0 Å². The lowest BCUT2D eigenvalue weighted by Gasteiger charge is -2.45. The lowest BCUT2D eigenvalue weighted by Crippen LogP contribution is -2.62. The molecule has 0 N–H and O–H groups in total. The van der Waals surface area contributed by atoms with Gasteiger partial charge in [0.2, 0.25) is 0 Å². The first-order valence-electron chi connectivity index (χ1n) is 34.9. The molecule has 0 radical (unpaired) electrons. The van der Waals surface area contributed by atoms with Crippen LogP contribution in [0.5, 0.6) is 0 Å². The monoisotopic (exact) mass is 1250 g/mol. The van der Waals surface area contributed by atoms with Crippen molar-refractivity contribution < 1.29 is 0 Å². The van der Waals surface area contributed by atoms with Crippen LogP contribution in [-0.2, 0) is 24.7 Å². The van der Waals surface area contributed by atoms with Gasteiger partial charge in [0.15, 0.2) is 0 Å². The summed E-state index contributed by atoms with van der Waals surface area (Å²) in [5, 5.41) is 10.4. The van der Waals surface area contributed by atoms with Crippen molar-refractivity contribution >= 4 is 88.9 Å². The van der Waals surface area contributed by atoms with Gasteiger partial charge < -0.3 is 9.80 Å². The van der Waals surface area contributed by atoms with Gasteiger partial charge in [-0.3, -0.25) is 0 Å². The van der Waals surface area contributed by atoms with E-state index in [0.717, 1.165) is 32.4 Å². The Bertz CT molecular complexity index is 5500. The van der Waals surface area contributed by atoms with E-state index >= 15 is 0 Å². The van der Waals surface area contributed by atoms with E-state index in [1.165, 1.54) is 177 Å². The first-order chi connectivity index (χ1) is 48.3. The predicted octanol–water partition coefficient (Wildman–Crippen LogP) is 22.5. The molecule has 0 aromatic heterocycles. The topological polar surface area (TPSA) is 6.48 Å². The number of anilines is 4. The van der Waals surface area contributed by atoms with Gasteiger partial charge in [-0.2, -0.15) is 0 Å². The van der Waals surface area contributed by atoms with E-state index in [1.54, 1.807) is 0 Å². The minimum Gasteiger partial charge on any atom is -0.342 e. The van der Waals surface area contributed by atoms with Crippen LogP contribution in [0, 0.1) is 0 Å². The Morgan fingerprint density at radius 1 is 0.286 bits per heavy atom. The molecule has 16 aromatic carbocycles. The molecule has 466 valence electrons. The molecule has 0 bridgehead atoms. The van der Waals surface area contributed by atoms with Crippen LogP contribution in [0.15, 0.2) is 328 Å². The highest BCUT2D eigenvalue weighted by atomic mass is 15.2. The van der Waals surface area contributed by atoms with Crippen LogP contribution in [0.25, 0.3) is 110 Å². The van der Waals surface area contributed by atoms with E-state index in [4.69, 9.17) is 0 Å². The third kappa shape index (κ3) is 10.3. The zero-order valence-electron chi connectivity index (χ0n) is 55.7. The van der Waals surface area contributed by atoms with Gasteiger partial charge in [-0.1, -0.05) is 324 Å². The van der Waals surface area contributed by atoms with Crippen molar-refractivity contribution in [3.05, 3.63) is 355 Å². The molecule has 0 fully saturated rings. The number of fused-ring (bicyclic) bond motifs is 6. The molecule has 0 saturated heterocycles. The molecule has 2 aliphatic heterocycles. The molecule has 2 nitrogen and oxygen atoms in total. The molecule has 16 aromatic rings. The maximum Gasteiger partial charge on any atom is 0.252 e. The van der Waals surface area contributed by atoms with Gasteiger partial charge in [0, 0.05) is 35.8 Å². The molecule has 3 heteroatoms. The summed E-state index contributed by atoms with van der Waals surface area (Å²) in [5.41, 5.74) is 30.7. The zero-order valence-corrected chi connectivity index (χ0v) is 55.7. The van der Waals surface area contributed by atoms with Crippen LogP contribution >= 0.6 is 0 Å². The van der Waals surface area contributed by atoms with E-state index in [-0.39, 0.29) is 12.1 Å². The third-order valence-electron chi connectivity index (χ3n) is 21.4. The Labute approximate surface area is 575 Å². The average molecular weight is 1250 g/mol. The molecule has 0 amide bonds. The molecule has 0 aliphatic carbocycles. The van der Waals surface area contributed by atoms with Crippen molar-refractivity contribution in [3.8, 4) is 66.8 Å². The minimum atomic E-state index is -0.112. The Hall–Kier alpha value is -11.5. The third-order valence-corrected chi connectivity index (χ3v) is 21.4. The Morgan fingerprint density at radius 2 is 0.694 bits per heavy atom. The summed E-state index contributed by atoms with van der Waals surface area (Å²) in [6.07, 6.45) is 2.39. The Balaban J connectivity index is 0.887. The van der Waals surface area contributed by atoms with E-state index in [1.807, 2.05) is 0 Å². The molecule has 0 atom stereocenters. The van der Waals surface area contributed by atoms with E-state index in [0.29, 0.717) is 0 Å². The van der Waals surface area contributed by atoms with Crippen molar-refractivity contribution in [1.82, 2.24) is 0 Å². The summed E-state index contributed by atoms with van der Waals surface area (Å²) < 4.78 is 0. The lowest BCUT2D eigenvalue weighted by molar-refractivity contribution is 0.590. The second kappa shape index (κ2) is 24.3. The largest absolute Gasteiger partial charge is 0.342 e. The summed E-state index contributed by atoms with van der Waals surface area (Å²) >= 11 is 0. The second-order valence-electron chi connectivity index (χ2n) is 28.0.